The molecule has 2 heterocycles. The van der Waals surface area contributed by atoms with E-state index < -0.39 is 53.0 Å². The van der Waals surface area contributed by atoms with Crippen LogP contribution in [0.5, 0.6) is 17.2 Å². The lowest BCUT2D eigenvalue weighted by Crippen LogP contribution is -2.43. The Kier molecular flexibility index (Phi) is 7.38. The van der Waals surface area contributed by atoms with Gasteiger partial charge in [0.05, 0.1) is 23.7 Å². The Bertz CT molecular complexity index is 1770. The summed E-state index contributed by atoms with van der Waals surface area (Å²) in [5, 5.41) is 30.1. The van der Waals surface area contributed by atoms with E-state index >= 15 is 0 Å². The quantitative estimate of drug-likeness (QED) is 0.267. The van der Waals surface area contributed by atoms with E-state index in [-0.39, 0.29) is 60.7 Å². The van der Waals surface area contributed by atoms with Crippen molar-refractivity contribution in [1.82, 2.24) is 9.80 Å². The summed E-state index contributed by atoms with van der Waals surface area (Å²) in [6, 6.07) is 17.2. The minimum atomic E-state index is -0.892. The first-order valence-electron chi connectivity index (χ1n) is 15.6. The molecular weight excluding hydrogens is 591 g/mol. The minimum Gasteiger partial charge on any atom is -0.508 e. The summed E-state index contributed by atoms with van der Waals surface area (Å²) in [5.74, 6) is -7.05. The van der Waals surface area contributed by atoms with E-state index in [9.17, 15) is 38.9 Å². The van der Waals surface area contributed by atoms with E-state index in [1.165, 1.54) is 28.0 Å². The first-order chi connectivity index (χ1) is 22.1. The van der Waals surface area contributed by atoms with E-state index in [4.69, 9.17) is 0 Å². The van der Waals surface area contributed by atoms with Gasteiger partial charge in [0.1, 0.15) is 11.5 Å². The second-order valence-corrected chi connectivity index (χ2v) is 12.7. The van der Waals surface area contributed by atoms with Gasteiger partial charge in [0.2, 0.25) is 23.6 Å². The lowest BCUT2D eigenvalue weighted by atomic mass is 9.57. The molecule has 0 spiro atoms. The molecule has 4 aliphatic rings. The van der Waals surface area contributed by atoms with Crippen LogP contribution in [0, 0.1) is 35.4 Å². The van der Waals surface area contributed by atoms with E-state index in [2.05, 4.69) is 0 Å². The van der Waals surface area contributed by atoms with Crippen molar-refractivity contribution in [2.24, 2.45) is 29.6 Å². The highest BCUT2D eigenvalue weighted by Crippen LogP contribution is 2.58. The third-order valence-electron chi connectivity index (χ3n) is 10.3. The molecule has 6 atom stereocenters. The van der Waals surface area contributed by atoms with Gasteiger partial charge in [-0.2, -0.15) is 0 Å². The highest BCUT2D eigenvalue weighted by molar-refractivity contribution is 6.08. The van der Waals surface area contributed by atoms with Crippen LogP contribution in [0.1, 0.15) is 35.4 Å². The maximum atomic E-state index is 14.7. The molecule has 2 aliphatic heterocycles. The topological polar surface area (TPSA) is 135 Å². The third-order valence-corrected chi connectivity index (χ3v) is 10.3. The molecule has 4 amide bonds. The highest BCUT2D eigenvalue weighted by atomic mass is 19.1. The van der Waals surface area contributed by atoms with Gasteiger partial charge in [0.15, 0.2) is 11.6 Å². The molecule has 10 heteroatoms. The number of carbonyl (C=O) groups is 4. The van der Waals surface area contributed by atoms with E-state index in [1.807, 2.05) is 6.08 Å². The van der Waals surface area contributed by atoms with Crippen molar-refractivity contribution < 1.29 is 38.9 Å². The Hall–Kier alpha value is -4.99. The number of aromatic hydroxyl groups is 3. The van der Waals surface area contributed by atoms with Crippen molar-refractivity contribution in [2.45, 2.75) is 31.6 Å². The second-order valence-electron chi connectivity index (χ2n) is 12.7. The second kappa shape index (κ2) is 11.4. The summed E-state index contributed by atoms with van der Waals surface area (Å²) < 4.78 is 14.7. The van der Waals surface area contributed by atoms with Crippen molar-refractivity contribution in [3.8, 4) is 17.2 Å². The van der Waals surface area contributed by atoms with Gasteiger partial charge in [-0.05, 0) is 73.1 Å². The molecule has 3 aromatic carbocycles. The van der Waals surface area contributed by atoms with Crippen LogP contribution in [0.2, 0.25) is 0 Å². The van der Waals surface area contributed by atoms with E-state index in [0.717, 1.165) is 17.2 Å². The number of hydrogen-bond acceptors (Lipinski definition) is 7. The molecule has 1 saturated carbocycles. The summed E-state index contributed by atoms with van der Waals surface area (Å²) in [7, 11) is 0. The van der Waals surface area contributed by atoms with Gasteiger partial charge in [-0.3, -0.25) is 29.0 Å². The molecule has 2 aliphatic carbocycles. The molecular formula is C36H33FN2O7. The summed E-state index contributed by atoms with van der Waals surface area (Å²) in [5.41, 5.74) is 2.56. The van der Waals surface area contributed by atoms with Crippen molar-refractivity contribution >= 4 is 23.6 Å². The van der Waals surface area contributed by atoms with Gasteiger partial charge in [-0.1, -0.05) is 48.0 Å². The zero-order valence-corrected chi connectivity index (χ0v) is 24.9. The van der Waals surface area contributed by atoms with Crippen LogP contribution in [0.25, 0.3) is 0 Å². The number of allylic oxidation sites excluding steroid dienone is 2. The maximum Gasteiger partial charge on any atom is 0.234 e. The smallest absolute Gasteiger partial charge is 0.234 e. The number of benzene rings is 3. The molecule has 3 aromatic rings. The summed E-state index contributed by atoms with van der Waals surface area (Å²) in [6.45, 7) is 0.273. The summed E-state index contributed by atoms with van der Waals surface area (Å²) in [6.07, 6.45) is 3.09. The number of rotatable bonds is 7. The van der Waals surface area contributed by atoms with Crippen LogP contribution in [-0.2, 0) is 32.0 Å². The zero-order chi connectivity index (χ0) is 32.3. The molecule has 9 nitrogen and oxygen atoms in total. The number of phenols is 3. The van der Waals surface area contributed by atoms with E-state index in [1.54, 1.807) is 42.5 Å². The molecule has 0 radical (unpaired) electrons. The number of phenolic OH excluding ortho intramolecular Hbond substituents is 3. The number of likely N-dealkylation sites (tertiary alicyclic amines) is 2. The van der Waals surface area contributed by atoms with Crippen LogP contribution in [-0.4, -0.2) is 61.8 Å². The molecule has 3 N–H and O–H groups in total. The van der Waals surface area contributed by atoms with Crippen molar-refractivity contribution in [3.05, 3.63) is 101 Å². The molecule has 7 rings (SSSR count). The molecule has 3 fully saturated rings. The lowest BCUT2D eigenvalue weighted by molar-refractivity contribution is -0.142. The van der Waals surface area contributed by atoms with E-state index in [0.29, 0.717) is 18.4 Å². The van der Waals surface area contributed by atoms with Gasteiger partial charge in [-0.25, -0.2) is 4.39 Å². The number of fused-ring (bicyclic) bond motifs is 4. The molecule has 0 unspecified atom stereocenters. The van der Waals surface area contributed by atoms with Gasteiger partial charge in [-0.15, -0.1) is 0 Å². The number of carbonyl (C=O) groups excluding carboxylic acids is 4. The lowest BCUT2D eigenvalue weighted by Gasteiger charge is -2.44. The Morgan fingerprint density at radius 3 is 1.78 bits per heavy atom. The van der Waals surface area contributed by atoms with Crippen LogP contribution < -0.4 is 0 Å². The zero-order valence-electron chi connectivity index (χ0n) is 24.9. The Labute approximate surface area is 264 Å². The predicted molar refractivity (Wildman–Crippen MR) is 163 cm³/mol. The summed E-state index contributed by atoms with van der Waals surface area (Å²) in [4.78, 5) is 58.1. The Morgan fingerprint density at radius 2 is 1.20 bits per heavy atom. The molecule has 236 valence electrons. The monoisotopic (exact) mass is 624 g/mol. The minimum absolute atomic E-state index is 0.105. The van der Waals surface area contributed by atoms with Crippen molar-refractivity contribution in [2.75, 3.05) is 13.1 Å². The fourth-order valence-electron chi connectivity index (χ4n) is 8.10. The number of para-hydroxylation sites is 1. The highest BCUT2D eigenvalue weighted by Gasteiger charge is 2.62. The fourth-order valence-corrected chi connectivity index (χ4v) is 8.10. The number of halogens is 1. The molecule has 0 aromatic heterocycles. The Balaban J connectivity index is 1.21. The van der Waals surface area contributed by atoms with Crippen molar-refractivity contribution in [3.63, 3.8) is 0 Å². The largest absolute Gasteiger partial charge is 0.508 e. The first-order valence-corrected chi connectivity index (χ1v) is 15.6. The molecule has 46 heavy (non-hydrogen) atoms. The maximum absolute atomic E-state index is 14.7. The van der Waals surface area contributed by atoms with Gasteiger partial charge >= 0.3 is 0 Å². The van der Waals surface area contributed by atoms with Gasteiger partial charge < -0.3 is 15.3 Å². The van der Waals surface area contributed by atoms with Crippen LogP contribution in [0.3, 0.4) is 0 Å². The third kappa shape index (κ3) is 4.83. The van der Waals surface area contributed by atoms with Gasteiger partial charge in [0, 0.05) is 24.6 Å². The number of amides is 4. The average molecular weight is 625 g/mol. The predicted octanol–water partition coefficient (Wildman–Crippen LogP) is 4.06. The normalized spacial score (nSPS) is 27.0. The number of imide groups is 2. The number of hydrogen-bond donors (Lipinski definition) is 3. The molecule has 0 bridgehead atoms. The average Bonchev–Trinajstić information content (AvgIpc) is 3.44. The SMILES string of the molecule is O=C1[C@H]2[C@H](CC=C3[C@H]2C[C@H]2C(=O)N(CCc4ccc(O)cc4)C(=O)[C@H]2[C@H]3c2cccc(F)c2O)C(=O)N1CCc1ccc(O)cc1. The molecule has 2 saturated heterocycles. The Morgan fingerprint density at radius 1 is 0.652 bits per heavy atom. The van der Waals surface area contributed by atoms with Crippen LogP contribution in [0.15, 0.2) is 78.4 Å². The fraction of sp³-hybridized carbons (Fsp3) is 0.333. The summed E-state index contributed by atoms with van der Waals surface area (Å²) >= 11 is 0. The van der Waals surface area contributed by atoms with Crippen molar-refractivity contribution in [1.29, 1.82) is 0 Å². The van der Waals surface area contributed by atoms with Gasteiger partial charge in [0.25, 0.3) is 0 Å². The van der Waals surface area contributed by atoms with Crippen LogP contribution >= 0.6 is 0 Å². The standard InChI is InChI=1S/C36H33FN2O7/c37-28-3-1-2-24(32(28)42)29-23-12-13-25-30(35(45)38(33(25)43)16-14-19-4-8-21(40)9-5-19)26(23)18-27-31(29)36(46)39(34(27)44)17-15-20-6-10-22(41)11-7-20/h1-12,25-27,29-31,40-42H,13-18H2/t25-,26+,27+,29+,30-,31+/m0/s1. The first kappa shape index (κ1) is 29.7. The van der Waals surface area contributed by atoms with Crippen LogP contribution in [0.4, 0.5) is 4.39 Å². The number of nitrogens with zero attached hydrogens (tertiary/aromatic N) is 2.